The maximum absolute atomic E-state index is 11.3. The third-order valence-corrected chi connectivity index (χ3v) is 3.19. The molecule has 0 bridgehead atoms. The minimum Gasteiger partial charge on any atom is -0.487 e. The van der Waals surface area contributed by atoms with Crippen LogP contribution in [-0.4, -0.2) is 24.1 Å². The van der Waals surface area contributed by atoms with E-state index in [2.05, 4.69) is 12.2 Å². The van der Waals surface area contributed by atoms with E-state index in [0.29, 0.717) is 24.6 Å². The molecule has 1 aromatic rings. The second-order valence-electron chi connectivity index (χ2n) is 4.98. The Hall–Kier alpha value is -1.82. The molecule has 0 aliphatic heterocycles. The number of nitro benzene ring substituents is 1. The van der Waals surface area contributed by atoms with Crippen molar-refractivity contribution in [3.63, 3.8) is 0 Å². The highest BCUT2D eigenvalue weighted by Gasteiger charge is 2.22. The molecule has 6 heteroatoms. The first-order chi connectivity index (χ1) is 10.1. The number of hydrogen-bond acceptors (Lipinski definition) is 5. The Morgan fingerprint density at radius 2 is 2.14 bits per heavy atom. The Balaban J connectivity index is 2.96. The van der Waals surface area contributed by atoms with E-state index in [1.54, 1.807) is 18.2 Å². The molecular weight excluding hydrogens is 270 g/mol. The number of nitrogens with two attached hydrogens (primary N) is 1. The molecule has 1 rings (SSSR count). The van der Waals surface area contributed by atoms with E-state index in [1.807, 2.05) is 6.92 Å². The molecule has 21 heavy (non-hydrogen) atoms. The Morgan fingerprint density at radius 3 is 2.71 bits per heavy atom. The lowest BCUT2D eigenvalue weighted by Gasteiger charge is -2.18. The van der Waals surface area contributed by atoms with Crippen molar-refractivity contribution in [1.29, 1.82) is 0 Å². The first kappa shape index (κ1) is 17.2. The molecule has 0 fully saturated rings. The molecule has 0 spiro atoms. The molecule has 3 N–H and O–H groups in total. The summed E-state index contributed by atoms with van der Waals surface area (Å²) in [5.41, 5.74) is 6.20. The van der Waals surface area contributed by atoms with Gasteiger partial charge in [-0.15, -0.1) is 0 Å². The summed E-state index contributed by atoms with van der Waals surface area (Å²) in [6.45, 7) is 4.97. The molecular formula is C15H25N3O3. The fourth-order valence-corrected chi connectivity index (χ4v) is 2.07. The molecule has 0 saturated carbocycles. The lowest BCUT2D eigenvalue weighted by molar-refractivity contribution is -0.385. The molecule has 0 radical (unpaired) electrons. The van der Waals surface area contributed by atoms with Crippen LogP contribution in [0.3, 0.4) is 0 Å². The van der Waals surface area contributed by atoms with E-state index in [9.17, 15) is 10.1 Å². The van der Waals surface area contributed by atoms with Gasteiger partial charge in [-0.05, 0) is 25.0 Å². The van der Waals surface area contributed by atoms with Gasteiger partial charge in [-0.1, -0.05) is 32.8 Å². The van der Waals surface area contributed by atoms with Crippen LogP contribution < -0.4 is 15.8 Å². The number of nitrogens with one attached hydrogen (secondary N) is 1. The summed E-state index contributed by atoms with van der Waals surface area (Å²) in [5, 5.41) is 14.5. The van der Waals surface area contributed by atoms with Gasteiger partial charge >= 0.3 is 5.69 Å². The quantitative estimate of drug-likeness (QED) is 0.510. The fraction of sp³-hybridized carbons (Fsp3) is 0.600. The van der Waals surface area contributed by atoms with Gasteiger partial charge in [0.1, 0.15) is 5.69 Å². The van der Waals surface area contributed by atoms with Gasteiger partial charge in [0.25, 0.3) is 0 Å². The van der Waals surface area contributed by atoms with Crippen molar-refractivity contribution in [3.8, 4) is 5.75 Å². The van der Waals surface area contributed by atoms with Gasteiger partial charge in [0.05, 0.1) is 11.5 Å². The van der Waals surface area contributed by atoms with Crippen LogP contribution in [0.1, 0.15) is 39.5 Å². The molecule has 1 unspecified atom stereocenters. The molecule has 0 heterocycles. The van der Waals surface area contributed by atoms with Crippen LogP contribution in [0, 0.1) is 10.1 Å². The van der Waals surface area contributed by atoms with Crippen LogP contribution in [-0.2, 0) is 0 Å². The number of rotatable bonds is 10. The third kappa shape index (κ3) is 5.23. The lowest BCUT2D eigenvalue weighted by atomic mass is 10.1. The summed E-state index contributed by atoms with van der Waals surface area (Å²) in [7, 11) is 0. The van der Waals surface area contributed by atoms with Crippen molar-refractivity contribution in [2.75, 3.05) is 18.5 Å². The highest BCUT2D eigenvalue weighted by molar-refractivity contribution is 5.68. The van der Waals surface area contributed by atoms with Crippen LogP contribution in [0.4, 0.5) is 11.4 Å². The first-order valence-corrected chi connectivity index (χ1v) is 7.50. The monoisotopic (exact) mass is 295 g/mol. The zero-order valence-electron chi connectivity index (χ0n) is 12.8. The predicted molar refractivity (Wildman–Crippen MR) is 84.9 cm³/mol. The minimum absolute atomic E-state index is 0.0131. The van der Waals surface area contributed by atoms with Gasteiger partial charge in [0.15, 0.2) is 5.75 Å². The lowest BCUT2D eigenvalue weighted by Crippen LogP contribution is -2.29. The summed E-state index contributed by atoms with van der Waals surface area (Å²) in [6.07, 6.45) is 3.80. The average molecular weight is 295 g/mol. The summed E-state index contributed by atoms with van der Waals surface area (Å²) in [5.74, 6) is 0.304. The molecule has 118 valence electrons. The van der Waals surface area contributed by atoms with Crippen molar-refractivity contribution in [1.82, 2.24) is 0 Å². The Kier molecular flexibility index (Phi) is 7.53. The van der Waals surface area contributed by atoms with Crippen LogP contribution in [0.15, 0.2) is 18.2 Å². The number of benzene rings is 1. The summed E-state index contributed by atoms with van der Waals surface area (Å²) < 4.78 is 5.47. The Bertz CT molecular complexity index is 452. The SMILES string of the molecule is CCCCC(CN)Nc1cccc(OCCC)c1[N+](=O)[O-]. The summed E-state index contributed by atoms with van der Waals surface area (Å²) in [6, 6.07) is 5.12. The van der Waals surface area contributed by atoms with E-state index in [0.717, 1.165) is 25.7 Å². The maximum atomic E-state index is 11.3. The molecule has 0 amide bonds. The normalized spacial score (nSPS) is 12.0. The topological polar surface area (TPSA) is 90.4 Å². The predicted octanol–water partition coefficient (Wildman–Crippen LogP) is 3.31. The van der Waals surface area contributed by atoms with Crippen LogP contribution in [0.5, 0.6) is 5.75 Å². The summed E-state index contributed by atoms with van der Waals surface area (Å²) in [4.78, 5) is 10.9. The fourth-order valence-electron chi connectivity index (χ4n) is 2.07. The zero-order chi connectivity index (χ0) is 15.7. The number of nitrogens with zero attached hydrogens (tertiary/aromatic N) is 1. The molecule has 0 aromatic heterocycles. The van der Waals surface area contributed by atoms with Gasteiger partial charge in [-0.25, -0.2) is 0 Å². The third-order valence-electron chi connectivity index (χ3n) is 3.19. The summed E-state index contributed by atoms with van der Waals surface area (Å²) >= 11 is 0. The van der Waals surface area contributed by atoms with Gasteiger partial charge in [0.2, 0.25) is 0 Å². The van der Waals surface area contributed by atoms with Gasteiger partial charge in [-0.3, -0.25) is 10.1 Å². The first-order valence-electron chi connectivity index (χ1n) is 7.50. The number of para-hydroxylation sites is 1. The van der Waals surface area contributed by atoms with Crippen molar-refractivity contribution >= 4 is 11.4 Å². The standard InChI is InChI=1S/C15H25N3O3/c1-3-5-7-12(11-16)17-13-8-6-9-14(21-10-4-2)15(13)18(19)20/h6,8-9,12,17H,3-5,7,10-11,16H2,1-2H3. The van der Waals surface area contributed by atoms with Crippen molar-refractivity contribution in [2.45, 2.75) is 45.6 Å². The van der Waals surface area contributed by atoms with E-state index in [4.69, 9.17) is 10.5 Å². The second kappa shape index (κ2) is 9.18. The molecule has 0 saturated heterocycles. The molecule has 6 nitrogen and oxygen atoms in total. The molecule has 1 atom stereocenters. The van der Waals surface area contributed by atoms with Crippen molar-refractivity contribution in [3.05, 3.63) is 28.3 Å². The van der Waals surface area contributed by atoms with E-state index in [-0.39, 0.29) is 11.7 Å². The van der Waals surface area contributed by atoms with E-state index < -0.39 is 4.92 Å². The molecule has 0 aliphatic carbocycles. The minimum atomic E-state index is -0.402. The van der Waals surface area contributed by atoms with Crippen LogP contribution in [0.2, 0.25) is 0 Å². The highest BCUT2D eigenvalue weighted by atomic mass is 16.6. The second-order valence-corrected chi connectivity index (χ2v) is 4.98. The molecule has 0 aliphatic rings. The van der Waals surface area contributed by atoms with E-state index in [1.165, 1.54) is 0 Å². The van der Waals surface area contributed by atoms with Gasteiger partial charge < -0.3 is 15.8 Å². The number of nitro groups is 1. The van der Waals surface area contributed by atoms with Crippen molar-refractivity contribution < 1.29 is 9.66 Å². The Labute approximate surface area is 125 Å². The van der Waals surface area contributed by atoms with Crippen LogP contribution >= 0.6 is 0 Å². The maximum Gasteiger partial charge on any atom is 0.333 e. The molecule has 1 aromatic carbocycles. The van der Waals surface area contributed by atoms with Gasteiger partial charge in [-0.2, -0.15) is 0 Å². The number of anilines is 1. The van der Waals surface area contributed by atoms with Gasteiger partial charge in [0, 0.05) is 12.6 Å². The Morgan fingerprint density at radius 1 is 1.38 bits per heavy atom. The highest BCUT2D eigenvalue weighted by Crippen LogP contribution is 2.35. The van der Waals surface area contributed by atoms with Crippen LogP contribution in [0.25, 0.3) is 0 Å². The smallest absolute Gasteiger partial charge is 0.333 e. The van der Waals surface area contributed by atoms with Crippen molar-refractivity contribution in [2.24, 2.45) is 5.73 Å². The zero-order valence-corrected chi connectivity index (χ0v) is 12.8. The number of unbranched alkanes of at least 4 members (excludes halogenated alkanes) is 1. The number of ether oxygens (including phenoxy) is 1. The number of hydrogen-bond donors (Lipinski definition) is 2. The average Bonchev–Trinajstić information content (AvgIpc) is 2.48. The van der Waals surface area contributed by atoms with E-state index >= 15 is 0 Å². The largest absolute Gasteiger partial charge is 0.487 e.